The molecule has 0 saturated carbocycles. The van der Waals surface area contributed by atoms with E-state index in [2.05, 4.69) is 14.8 Å². The van der Waals surface area contributed by atoms with E-state index in [9.17, 15) is 8.42 Å². The first kappa shape index (κ1) is 12.7. The smallest absolute Gasteiger partial charge is 0.268 e. The lowest BCUT2D eigenvalue weighted by molar-refractivity contribution is 0.601. The van der Waals surface area contributed by atoms with E-state index in [1.54, 1.807) is 7.05 Å². The van der Waals surface area contributed by atoms with Gasteiger partial charge < -0.3 is 5.73 Å². The van der Waals surface area contributed by atoms with Crippen molar-refractivity contribution in [2.24, 2.45) is 7.05 Å². The molecule has 96 valence electrons. The van der Waals surface area contributed by atoms with E-state index >= 15 is 0 Å². The zero-order valence-corrected chi connectivity index (χ0v) is 10.9. The largest absolute Gasteiger partial charge is 0.381 e. The first-order valence-electron chi connectivity index (χ1n) is 4.82. The number of aromatic nitrogens is 3. The van der Waals surface area contributed by atoms with Gasteiger partial charge in [-0.15, -0.1) is 0 Å². The molecule has 0 amide bonds. The predicted molar refractivity (Wildman–Crippen MR) is 67.7 cm³/mol. The number of nitrogens with one attached hydrogen (secondary N) is 1. The normalized spacial score (nSPS) is 11.4. The Kier molecular flexibility index (Phi) is 3.14. The molecule has 0 unspecified atom stereocenters. The van der Waals surface area contributed by atoms with Crippen LogP contribution in [0, 0.1) is 0 Å². The molecule has 0 spiro atoms. The minimum Gasteiger partial charge on any atom is -0.381 e. The van der Waals surface area contributed by atoms with Gasteiger partial charge in [-0.25, -0.2) is 13.4 Å². The lowest BCUT2D eigenvalue weighted by Crippen LogP contribution is -2.14. The molecular weight excluding hydrogens is 278 g/mol. The van der Waals surface area contributed by atoms with Crippen LogP contribution in [0.4, 0.5) is 11.6 Å². The first-order chi connectivity index (χ1) is 8.38. The van der Waals surface area contributed by atoms with E-state index in [0.717, 1.165) is 0 Å². The average molecular weight is 288 g/mol. The van der Waals surface area contributed by atoms with Crippen LogP contribution in [0.1, 0.15) is 0 Å². The van der Waals surface area contributed by atoms with Crippen LogP contribution in [0.5, 0.6) is 0 Å². The molecule has 0 aliphatic rings. The van der Waals surface area contributed by atoms with Crippen molar-refractivity contribution >= 4 is 33.3 Å². The Morgan fingerprint density at radius 3 is 2.78 bits per heavy atom. The summed E-state index contributed by atoms with van der Waals surface area (Å²) in [5.41, 5.74) is 5.51. The van der Waals surface area contributed by atoms with Crippen molar-refractivity contribution in [2.75, 3.05) is 10.5 Å². The zero-order valence-electron chi connectivity index (χ0n) is 9.33. The summed E-state index contributed by atoms with van der Waals surface area (Å²) in [7, 11) is -2.24. The summed E-state index contributed by atoms with van der Waals surface area (Å²) in [6.07, 6.45) is 2.70. The molecule has 0 bridgehead atoms. The van der Waals surface area contributed by atoms with Gasteiger partial charge in [0.15, 0.2) is 5.82 Å². The number of pyridine rings is 1. The number of hydrogen-bond acceptors (Lipinski definition) is 5. The minimum atomic E-state index is -3.82. The number of sulfonamides is 1. The van der Waals surface area contributed by atoms with Crippen LogP contribution in [-0.4, -0.2) is 23.2 Å². The van der Waals surface area contributed by atoms with E-state index in [-0.39, 0.29) is 16.5 Å². The highest BCUT2D eigenvalue weighted by atomic mass is 35.5. The highest BCUT2D eigenvalue weighted by Crippen LogP contribution is 2.20. The summed E-state index contributed by atoms with van der Waals surface area (Å²) in [5.74, 6) is 0.0396. The van der Waals surface area contributed by atoms with Crippen molar-refractivity contribution in [1.82, 2.24) is 14.8 Å². The third kappa shape index (κ3) is 2.54. The van der Waals surface area contributed by atoms with Gasteiger partial charge in [-0.2, -0.15) is 5.10 Å². The number of aryl methyl sites for hydroxylation is 1. The Morgan fingerprint density at radius 2 is 2.22 bits per heavy atom. The summed E-state index contributed by atoms with van der Waals surface area (Å²) in [4.78, 5) is 3.74. The van der Waals surface area contributed by atoms with Gasteiger partial charge in [-0.3, -0.25) is 9.40 Å². The van der Waals surface area contributed by atoms with Crippen LogP contribution in [-0.2, 0) is 17.1 Å². The maximum Gasteiger partial charge on any atom is 0.268 e. The molecule has 3 N–H and O–H groups in total. The molecule has 7 nitrogen and oxygen atoms in total. The van der Waals surface area contributed by atoms with E-state index in [1.165, 1.54) is 29.2 Å². The van der Waals surface area contributed by atoms with Crippen molar-refractivity contribution in [1.29, 1.82) is 0 Å². The number of rotatable bonds is 3. The van der Waals surface area contributed by atoms with Gasteiger partial charge in [0.05, 0.1) is 0 Å². The number of nitrogens with zero attached hydrogens (tertiary/aromatic N) is 3. The minimum absolute atomic E-state index is 0.0768. The van der Waals surface area contributed by atoms with Crippen LogP contribution in [0.3, 0.4) is 0 Å². The fourth-order valence-corrected chi connectivity index (χ4v) is 2.61. The molecule has 0 saturated heterocycles. The number of halogens is 1. The molecule has 2 aromatic rings. The SMILES string of the molecule is Cn1cc(S(=O)(=O)Nc2cc(Cl)ccn2)c(N)n1. The molecule has 9 heteroatoms. The first-order valence-corrected chi connectivity index (χ1v) is 6.68. The zero-order chi connectivity index (χ0) is 13.3. The Labute approximate surface area is 109 Å². The molecular formula is C9H10ClN5O2S. The van der Waals surface area contributed by atoms with Crippen molar-refractivity contribution in [3.05, 3.63) is 29.5 Å². The van der Waals surface area contributed by atoms with E-state index in [1.807, 2.05) is 0 Å². The van der Waals surface area contributed by atoms with Gasteiger partial charge in [0.1, 0.15) is 10.7 Å². The topological polar surface area (TPSA) is 103 Å². The molecule has 0 aliphatic carbocycles. The quantitative estimate of drug-likeness (QED) is 0.871. The molecule has 0 aliphatic heterocycles. The van der Waals surface area contributed by atoms with Crippen molar-refractivity contribution < 1.29 is 8.42 Å². The Morgan fingerprint density at radius 1 is 1.50 bits per heavy atom. The monoisotopic (exact) mass is 287 g/mol. The standard InChI is InChI=1S/C9H10ClN5O2S/c1-15-5-7(9(11)13-15)18(16,17)14-8-4-6(10)2-3-12-8/h2-5H,1H3,(H2,11,13)(H,12,14). The Bertz CT molecular complexity index is 682. The van der Waals surface area contributed by atoms with Crippen LogP contribution < -0.4 is 10.5 Å². The fraction of sp³-hybridized carbons (Fsp3) is 0.111. The summed E-state index contributed by atoms with van der Waals surface area (Å²) in [6.45, 7) is 0. The molecule has 2 aromatic heterocycles. The number of nitrogen functional groups attached to an aromatic ring is 1. The summed E-state index contributed by atoms with van der Waals surface area (Å²) < 4.78 is 27.6. The fourth-order valence-electron chi connectivity index (χ4n) is 1.34. The van der Waals surface area contributed by atoms with Crippen LogP contribution in [0.25, 0.3) is 0 Å². The second kappa shape index (κ2) is 4.46. The average Bonchev–Trinajstić information content (AvgIpc) is 2.58. The molecule has 2 rings (SSSR count). The highest BCUT2D eigenvalue weighted by Gasteiger charge is 2.21. The molecule has 2 heterocycles. The van der Waals surface area contributed by atoms with Gasteiger partial charge in [-0.05, 0) is 6.07 Å². The number of hydrogen-bond donors (Lipinski definition) is 2. The van der Waals surface area contributed by atoms with Gasteiger partial charge in [0.2, 0.25) is 0 Å². The van der Waals surface area contributed by atoms with E-state index in [0.29, 0.717) is 5.02 Å². The molecule has 0 atom stereocenters. The van der Waals surface area contributed by atoms with Crippen molar-refractivity contribution in [3.63, 3.8) is 0 Å². The third-order valence-electron chi connectivity index (χ3n) is 2.07. The summed E-state index contributed by atoms with van der Waals surface area (Å²) >= 11 is 5.74. The van der Waals surface area contributed by atoms with E-state index < -0.39 is 10.0 Å². The summed E-state index contributed by atoms with van der Waals surface area (Å²) in [6, 6.07) is 2.93. The Balaban J connectivity index is 2.36. The second-order valence-electron chi connectivity index (χ2n) is 3.52. The van der Waals surface area contributed by atoms with Gasteiger partial charge >= 0.3 is 0 Å². The van der Waals surface area contributed by atoms with Gasteiger partial charge in [0.25, 0.3) is 10.0 Å². The maximum atomic E-state index is 12.0. The van der Waals surface area contributed by atoms with Crippen LogP contribution in [0.2, 0.25) is 5.02 Å². The molecule has 0 fully saturated rings. The maximum absolute atomic E-state index is 12.0. The van der Waals surface area contributed by atoms with E-state index in [4.69, 9.17) is 17.3 Å². The van der Waals surface area contributed by atoms with Crippen molar-refractivity contribution in [3.8, 4) is 0 Å². The van der Waals surface area contributed by atoms with Crippen molar-refractivity contribution in [2.45, 2.75) is 4.90 Å². The Hall–Kier alpha value is -1.80. The molecule has 0 aromatic carbocycles. The van der Waals surface area contributed by atoms with Gasteiger partial charge in [-0.1, -0.05) is 11.6 Å². The molecule has 18 heavy (non-hydrogen) atoms. The van der Waals surface area contributed by atoms with Crippen LogP contribution in [0.15, 0.2) is 29.4 Å². The molecule has 0 radical (unpaired) electrons. The highest BCUT2D eigenvalue weighted by molar-refractivity contribution is 7.92. The lowest BCUT2D eigenvalue weighted by Gasteiger charge is -2.05. The number of anilines is 2. The summed E-state index contributed by atoms with van der Waals surface area (Å²) in [5, 5.41) is 4.14. The second-order valence-corrected chi connectivity index (χ2v) is 5.60. The number of nitrogens with two attached hydrogens (primary N) is 1. The van der Waals surface area contributed by atoms with Crippen LogP contribution >= 0.6 is 11.6 Å². The lowest BCUT2D eigenvalue weighted by atomic mass is 10.5. The predicted octanol–water partition coefficient (Wildman–Crippen LogP) is 0.852. The third-order valence-corrected chi connectivity index (χ3v) is 3.68. The van der Waals surface area contributed by atoms with Gasteiger partial charge in [0, 0.05) is 30.5 Å².